The maximum absolute atomic E-state index is 12.3. The third-order valence-electron chi connectivity index (χ3n) is 3.31. The molecule has 112 valence electrons. The van der Waals surface area contributed by atoms with E-state index in [0.29, 0.717) is 12.2 Å². The van der Waals surface area contributed by atoms with Gasteiger partial charge in [-0.3, -0.25) is 9.78 Å². The SMILES string of the molecule is CCCc1cc(C(=O)N(C)Cc2ccc(CC)cn2)no1. The van der Waals surface area contributed by atoms with E-state index in [4.69, 9.17) is 4.52 Å². The fraction of sp³-hybridized carbons (Fsp3) is 0.438. The summed E-state index contributed by atoms with van der Waals surface area (Å²) >= 11 is 0. The number of pyridine rings is 1. The van der Waals surface area contributed by atoms with Crippen molar-refractivity contribution < 1.29 is 9.32 Å². The monoisotopic (exact) mass is 287 g/mol. The molecule has 0 unspecified atom stereocenters. The molecule has 0 aliphatic carbocycles. The van der Waals surface area contributed by atoms with E-state index < -0.39 is 0 Å². The lowest BCUT2D eigenvalue weighted by Gasteiger charge is -2.15. The molecule has 5 nitrogen and oxygen atoms in total. The third kappa shape index (κ3) is 3.90. The van der Waals surface area contributed by atoms with Crippen molar-refractivity contribution in [3.05, 3.63) is 47.1 Å². The first-order chi connectivity index (χ1) is 10.1. The molecule has 0 spiro atoms. The molecule has 2 heterocycles. The number of hydrogen-bond donors (Lipinski definition) is 0. The molecule has 0 saturated carbocycles. The summed E-state index contributed by atoms with van der Waals surface area (Å²) in [6.07, 6.45) is 4.57. The largest absolute Gasteiger partial charge is 0.361 e. The van der Waals surface area contributed by atoms with E-state index in [9.17, 15) is 4.79 Å². The molecular weight excluding hydrogens is 266 g/mol. The van der Waals surface area contributed by atoms with Crippen LogP contribution < -0.4 is 0 Å². The molecule has 0 bridgehead atoms. The lowest BCUT2D eigenvalue weighted by atomic mass is 10.2. The maximum atomic E-state index is 12.3. The summed E-state index contributed by atoms with van der Waals surface area (Å²) in [5.41, 5.74) is 2.40. The number of carbonyl (C=O) groups is 1. The summed E-state index contributed by atoms with van der Waals surface area (Å²) in [4.78, 5) is 18.2. The van der Waals surface area contributed by atoms with Gasteiger partial charge in [-0.1, -0.05) is 25.1 Å². The summed E-state index contributed by atoms with van der Waals surface area (Å²) < 4.78 is 5.14. The van der Waals surface area contributed by atoms with Crippen LogP contribution in [0.3, 0.4) is 0 Å². The van der Waals surface area contributed by atoms with Crippen molar-refractivity contribution in [1.82, 2.24) is 15.0 Å². The Labute approximate surface area is 125 Å². The molecular formula is C16H21N3O2. The van der Waals surface area contributed by atoms with Gasteiger partial charge >= 0.3 is 0 Å². The standard InChI is InChI=1S/C16H21N3O2/c1-4-6-14-9-15(18-21-14)16(20)19(3)11-13-8-7-12(5-2)10-17-13/h7-10H,4-6,11H2,1-3H3. The van der Waals surface area contributed by atoms with E-state index in [0.717, 1.165) is 30.7 Å². The van der Waals surface area contributed by atoms with Crippen LogP contribution in [0.4, 0.5) is 0 Å². The second-order valence-corrected chi connectivity index (χ2v) is 5.10. The minimum atomic E-state index is -0.150. The van der Waals surface area contributed by atoms with Crippen molar-refractivity contribution in [1.29, 1.82) is 0 Å². The number of carbonyl (C=O) groups excluding carboxylic acids is 1. The van der Waals surface area contributed by atoms with Crippen LogP contribution >= 0.6 is 0 Å². The fourth-order valence-corrected chi connectivity index (χ4v) is 2.05. The lowest BCUT2D eigenvalue weighted by Crippen LogP contribution is -2.26. The average Bonchev–Trinajstić information content (AvgIpc) is 2.96. The first-order valence-electron chi connectivity index (χ1n) is 7.28. The highest BCUT2D eigenvalue weighted by atomic mass is 16.5. The summed E-state index contributed by atoms with van der Waals surface area (Å²) in [6, 6.07) is 5.71. The molecule has 0 aliphatic heterocycles. The Morgan fingerprint density at radius 2 is 2.14 bits per heavy atom. The molecule has 0 fully saturated rings. The Morgan fingerprint density at radius 3 is 2.76 bits per heavy atom. The molecule has 1 amide bonds. The van der Waals surface area contributed by atoms with E-state index in [1.165, 1.54) is 5.56 Å². The fourth-order valence-electron chi connectivity index (χ4n) is 2.05. The molecule has 21 heavy (non-hydrogen) atoms. The lowest BCUT2D eigenvalue weighted by molar-refractivity contribution is 0.0773. The summed E-state index contributed by atoms with van der Waals surface area (Å²) in [6.45, 7) is 4.60. The number of nitrogens with zero attached hydrogens (tertiary/aromatic N) is 3. The number of amides is 1. The Morgan fingerprint density at radius 1 is 1.33 bits per heavy atom. The zero-order chi connectivity index (χ0) is 15.2. The van der Waals surface area contributed by atoms with Crippen LogP contribution in [-0.4, -0.2) is 28.0 Å². The second-order valence-electron chi connectivity index (χ2n) is 5.10. The van der Waals surface area contributed by atoms with E-state index in [1.807, 2.05) is 18.3 Å². The minimum Gasteiger partial charge on any atom is -0.361 e. The van der Waals surface area contributed by atoms with E-state index in [2.05, 4.69) is 24.0 Å². The predicted molar refractivity (Wildman–Crippen MR) is 79.9 cm³/mol. The van der Waals surface area contributed by atoms with Gasteiger partial charge in [-0.05, 0) is 24.5 Å². The van der Waals surface area contributed by atoms with E-state index >= 15 is 0 Å². The highest BCUT2D eigenvalue weighted by Crippen LogP contribution is 2.10. The summed E-state index contributed by atoms with van der Waals surface area (Å²) in [5.74, 6) is 0.599. The van der Waals surface area contributed by atoms with Crippen LogP contribution in [0.2, 0.25) is 0 Å². The molecule has 2 rings (SSSR count). The zero-order valence-electron chi connectivity index (χ0n) is 12.8. The first kappa shape index (κ1) is 15.2. The van der Waals surface area contributed by atoms with Gasteiger partial charge in [0, 0.05) is 25.7 Å². The number of aryl methyl sites for hydroxylation is 2. The van der Waals surface area contributed by atoms with Gasteiger partial charge in [-0.25, -0.2) is 0 Å². The van der Waals surface area contributed by atoms with Crippen molar-refractivity contribution in [3.63, 3.8) is 0 Å². The molecule has 2 aromatic heterocycles. The molecule has 0 aromatic carbocycles. The maximum Gasteiger partial charge on any atom is 0.276 e. The van der Waals surface area contributed by atoms with Crippen LogP contribution in [0.15, 0.2) is 28.9 Å². The molecule has 0 N–H and O–H groups in total. The Bertz CT molecular complexity index is 590. The first-order valence-corrected chi connectivity index (χ1v) is 7.28. The average molecular weight is 287 g/mol. The van der Waals surface area contributed by atoms with Crippen LogP contribution in [0, 0.1) is 0 Å². The van der Waals surface area contributed by atoms with Gasteiger partial charge < -0.3 is 9.42 Å². The number of rotatable bonds is 6. The van der Waals surface area contributed by atoms with E-state index in [-0.39, 0.29) is 5.91 Å². The molecule has 5 heteroatoms. The van der Waals surface area contributed by atoms with E-state index in [1.54, 1.807) is 18.0 Å². The molecule has 2 aromatic rings. The van der Waals surface area contributed by atoms with Gasteiger partial charge in [0.25, 0.3) is 5.91 Å². The summed E-state index contributed by atoms with van der Waals surface area (Å²) in [7, 11) is 1.74. The Hall–Kier alpha value is -2.17. The van der Waals surface area contributed by atoms with Gasteiger partial charge in [-0.2, -0.15) is 0 Å². The van der Waals surface area contributed by atoms with Crippen molar-refractivity contribution in [2.75, 3.05) is 7.05 Å². The normalized spacial score (nSPS) is 10.6. The van der Waals surface area contributed by atoms with Crippen LogP contribution in [0.25, 0.3) is 0 Å². The molecule has 0 atom stereocenters. The third-order valence-corrected chi connectivity index (χ3v) is 3.31. The molecule has 0 aliphatic rings. The zero-order valence-corrected chi connectivity index (χ0v) is 12.8. The molecule has 0 radical (unpaired) electrons. The smallest absolute Gasteiger partial charge is 0.276 e. The quantitative estimate of drug-likeness (QED) is 0.819. The summed E-state index contributed by atoms with van der Waals surface area (Å²) in [5, 5.41) is 3.84. The number of aromatic nitrogens is 2. The van der Waals surface area contributed by atoms with Crippen molar-refractivity contribution >= 4 is 5.91 Å². The van der Waals surface area contributed by atoms with Crippen molar-refractivity contribution in [2.24, 2.45) is 0 Å². The van der Waals surface area contributed by atoms with Crippen LogP contribution in [-0.2, 0) is 19.4 Å². The van der Waals surface area contributed by atoms with Gasteiger partial charge in [0.05, 0.1) is 12.2 Å². The topological polar surface area (TPSA) is 59.2 Å². The Kier molecular flexibility index (Phi) is 5.09. The van der Waals surface area contributed by atoms with Gasteiger partial charge in [0.15, 0.2) is 5.69 Å². The molecule has 0 saturated heterocycles. The Balaban J connectivity index is 2.00. The van der Waals surface area contributed by atoms with Gasteiger partial charge in [0.1, 0.15) is 5.76 Å². The van der Waals surface area contributed by atoms with Crippen LogP contribution in [0.5, 0.6) is 0 Å². The minimum absolute atomic E-state index is 0.150. The highest BCUT2D eigenvalue weighted by molar-refractivity contribution is 5.92. The van der Waals surface area contributed by atoms with Gasteiger partial charge in [0.2, 0.25) is 0 Å². The predicted octanol–water partition coefficient (Wildman–Crippen LogP) is 2.86. The highest BCUT2D eigenvalue weighted by Gasteiger charge is 2.17. The van der Waals surface area contributed by atoms with Crippen molar-refractivity contribution in [3.8, 4) is 0 Å². The second kappa shape index (κ2) is 7.02. The van der Waals surface area contributed by atoms with Crippen LogP contribution in [0.1, 0.15) is 47.8 Å². The number of hydrogen-bond acceptors (Lipinski definition) is 4. The van der Waals surface area contributed by atoms with Crippen molar-refractivity contribution in [2.45, 2.75) is 39.7 Å². The van der Waals surface area contributed by atoms with Gasteiger partial charge in [-0.15, -0.1) is 0 Å².